The van der Waals surface area contributed by atoms with E-state index in [0.29, 0.717) is 12.1 Å². The van der Waals surface area contributed by atoms with Crippen LogP contribution >= 0.6 is 11.6 Å². The first-order valence-corrected chi connectivity index (χ1v) is 6.60. The third kappa shape index (κ3) is 3.59. The van der Waals surface area contributed by atoms with Gasteiger partial charge < -0.3 is 5.32 Å². The Bertz CT molecular complexity index is 617. The summed E-state index contributed by atoms with van der Waals surface area (Å²) in [6.07, 6.45) is 0. The molecule has 4 heteroatoms. The monoisotopic (exact) mass is 284 g/mol. The molecule has 20 heavy (non-hydrogen) atoms. The summed E-state index contributed by atoms with van der Waals surface area (Å²) in [5.74, 6) is -0.234. The van der Waals surface area contributed by atoms with Crippen molar-refractivity contribution < 1.29 is 4.79 Å². The van der Waals surface area contributed by atoms with E-state index < -0.39 is 5.38 Å². The number of halogens is 1. The minimum Gasteiger partial charge on any atom is -0.350 e. The van der Waals surface area contributed by atoms with Crippen molar-refractivity contribution in [3.63, 3.8) is 0 Å². The van der Waals surface area contributed by atoms with Gasteiger partial charge in [-0.15, -0.1) is 11.6 Å². The van der Waals surface area contributed by atoms with Gasteiger partial charge in [0.1, 0.15) is 5.38 Å². The molecule has 0 aromatic heterocycles. The SMILES string of the molecule is N#Cc1ccc(CNC(=O)C(Cl)c2ccccc2)cc1. The molecular weight excluding hydrogens is 272 g/mol. The zero-order valence-electron chi connectivity index (χ0n) is 10.7. The smallest absolute Gasteiger partial charge is 0.242 e. The lowest BCUT2D eigenvalue weighted by atomic mass is 10.1. The van der Waals surface area contributed by atoms with Crippen LogP contribution in [0.2, 0.25) is 0 Å². The highest BCUT2D eigenvalue weighted by molar-refractivity contribution is 6.30. The Morgan fingerprint density at radius 1 is 1.15 bits per heavy atom. The summed E-state index contributed by atoms with van der Waals surface area (Å²) in [6.45, 7) is 0.389. The molecule has 3 nitrogen and oxygen atoms in total. The molecule has 0 spiro atoms. The number of amides is 1. The molecule has 1 atom stereocenters. The first kappa shape index (κ1) is 14.1. The molecule has 0 aliphatic heterocycles. The van der Waals surface area contributed by atoms with E-state index >= 15 is 0 Å². The number of benzene rings is 2. The van der Waals surface area contributed by atoms with Crippen LogP contribution in [0.1, 0.15) is 22.1 Å². The fourth-order valence-corrected chi connectivity index (χ4v) is 1.97. The fraction of sp³-hybridized carbons (Fsp3) is 0.125. The number of nitrogens with zero attached hydrogens (tertiary/aromatic N) is 1. The lowest BCUT2D eigenvalue weighted by Gasteiger charge is -2.10. The standard InChI is InChI=1S/C16H13ClN2O/c17-15(14-4-2-1-3-5-14)16(20)19-11-13-8-6-12(10-18)7-9-13/h1-9,15H,11H2,(H,19,20). The van der Waals surface area contributed by atoms with Gasteiger partial charge in [0.25, 0.3) is 0 Å². The van der Waals surface area contributed by atoms with Crippen LogP contribution < -0.4 is 5.32 Å². The molecule has 0 aliphatic carbocycles. The highest BCUT2D eigenvalue weighted by Gasteiger charge is 2.16. The van der Waals surface area contributed by atoms with Gasteiger partial charge >= 0.3 is 0 Å². The van der Waals surface area contributed by atoms with Crippen molar-refractivity contribution in [3.8, 4) is 6.07 Å². The second-order valence-corrected chi connectivity index (χ2v) is 4.74. The number of rotatable bonds is 4. The van der Waals surface area contributed by atoms with Crippen LogP contribution in [0.4, 0.5) is 0 Å². The van der Waals surface area contributed by atoms with Crippen LogP contribution in [-0.4, -0.2) is 5.91 Å². The van der Waals surface area contributed by atoms with Crippen LogP contribution in [-0.2, 0) is 11.3 Å². The molecule has 0 saturated heterocycles. The minimum atomic E-state index is -0.699. The van der Waals surface area contributed by atoms with Crippen molar-refractivity contribution in [1.82, 2.24) is 5.32 Å². The summed E-state index contributed by atoms with van der Waals surface area (Å²) in [7, 11) is 0. The predicted molar refractivity (Wildman–Crippen MR) is 78.0 cm³/mol. The Labute approximate surface area is 122 Å². The predicted octanol–water partition coefficient (Wildman–Crippen LogP) is 3.15. The Kier molecular flexibility index (Phi) is 4.75. The normalized spacial score (nSPS) is 11.4. The molecule has 0 radical (unpaired) electrons. The quantitative estimate of drug-likeness (QED) is 0.877. The zero-order valence-corrected chi connectivity index (χ0v) is 11.5. The molecule has 0 heterocycles. The van der Waals surface area contributed by atoms with Gasteiger partial charge in [0.2, 0.25) is 5.91 Å². The molecule has 0 fully saturated rings. The van der Waals surface area contributed by atoms with Crippen LogP contribution in [0.15, 0.2) is 54.6 Å². The van der Waals surface area contributed by atoms with E-state index in [2.05, 4.69) is 11.4 Å². The molecule has 2 aromatic carbocycles. The second kappa shape index (κ2) is 6.74. The van der Waals surface area contributed by atoms with E-state index in [0.717, 1.165) is 11.1 Å². The molecule has 100 valence electrons. The van der Waals surface area contributed by atoms with E-state index in [4.69, 9.17) is 16.9 Å². The average molecular weight is 285 g/mol. The van der Waals surface area contributed by atoms with Crippen molar-refractivity contribution in [2.45, 2.75) is 11.9 Å². The molecule has 0 aliphatic rings. The number of carbonyl (C=O) groups excluding carboxylic acids is 1. The number of hydrogen-bond acceptors (Lipinski definition) is 2. The lowest BCUT2D eigenvalue weighted by molar-refractivity contribution is -0.121. The van der Waals surface area contributed by atoms with Gasteiger partial charge in [0.15, 0.2) is 0 Å². The third-order valence-corrected chi connectivity index (χ3v) is 3.32. The largest absolute Gasteiger partial charge is 0.350 e. The summed E-state index contributed by atoms with van der Waals surface area (Å²) >= 11 is 6.12. The third-order valence-electron chi connectivity index (χ3n) is 2.87. The van der Waals surface area contributed by atoms with Crippen LogP contribution in [0, 0.1) is 11.3 Å². The Balaban J connectivity index is 1.93. The highest BCUT2D eigenvalue weighted by Crippen LogP contribution is 2.20. The van der Waals surface area contributed by atoms with Gasteiger partial charge in [-0.25, -0.2) is 0 Å². The van der Waals surface area contributed by atoms with Gasteiger partial charge in [0, 0.05) is 6.54 Å². The molecule has 0 bridgehead atoms. The molecule has 2 aromatic rings. The van der Waals surface area contributed by atoms with Crippen molar-refractivity contribution in [2.24, 2.45) is 0 Å². The van der Waals surface area contributed by atoms with Crippen molar-refractivity contribution in [1.29, 1.82) is 5.26 Å². The minimum absolute atomic E-state index is 0.234. The van der Waals surface area contributed by atoms with Crippen molar-refractivity contribution >= 4 is 17.5 Å². The Hall–Kier alpha value is -2.31. The van der Waals surface area contributed by atoms with Crippen LogP contribution in [0.5, 0.6) is 0 Å². The van der Waals surface area contributed by atoms with E-state index in [1.165, 1.54) is 0 Å². The first-order chi connectivity index (χ1) is 9.70. The number of nitriles is 1. The molecule has 0 saturated carbocycles. The Morgan fingerprint density at radius 2 is 1.80 bits per heavy atom. The topological polar surface area (TPSA) is 52.9 Å². The summed E-state index contributed by atoms with van der Waals surface area (Å²) in [5.41, 5.74) is 2.29. The van der Waals surface area contributed by atoms with Crippen LogP contribution in [0.3, 0.4) is 0 Å². The maximum absolute atomic E-state index is 11.9. The van der Waals surface area contributed by atoms with Gasteiger partial charge in [-0.2, -0.15) is 5.26 Å². The Morgan fingerprint density at radius 3 is 2.40 bits per heavy atom. The average Bonchev–Trinajstić information content (AvgIpc) is 2.53. The van der Waals surface area contributed by atoms with E-state index in [9.17, 15) is 4.79 Å². The second-order valence-electron chi connectivity index (χ2n) is 4.30. The number of alkyl halides is 1. The van der Waals surface area contributed by atoms with Crippen LogP contribution in [0.25, 0.3) is 0 Å². The van der Waals surface area contributed by atoms with E-state index in [1.54, 1.807) is 12.1 Å². The molecule has 1 unspecified atom stereocenters. The first-order valence-electron chi connectivity index (χ1n) is 6.16. The number of carbonyl (C=O) groups is 1. The van der Waals surface area contributed by atoms with E-state index in [-0.39, 0.29) is 5.91 Å². The van der Waals surface area contributed by atoms with Gasteiger partial charge in [-0.1, -0.05) is 42.5 Å². The van der Waals surface area contributed by atoms with Crippen molar-refractivity contribution in [2.75, 3.05) is 0 Å². The zero-order chi connectivity index (χ0) is 14.4. The number of nitrogens with one attached hydrogen (secondary N) is 1. The van der Waals surface area contributed by atoms with Gasteiger partial charge in [-0.05, 0) is 23.3 Å². The van der Waals surface area contributed by atoms with E-state index in [1.807, 2.05) is 42.5 Å². The molecule has 2 rings (SSSR count). The van der Waals surface area contributed by atoms with Gasteiger partial charge in [-0.3, -0.25) is 4.79 Å². The molecule has 1 amide bonds. The summed E-state index contributed by atoms with van der Waals surface area (Å²) < 4.78 is 0. The maximum atomic E-state index is 11.9. The lowest BCUT2D eigenvalue weighted by Crippen LogP contribution is -2.26. The summed E-state index contributed by atoms with van der Waals surface area (Å²) in [4.78, 5) is 11.9. The molecule has 1 N–H and O–H groups in total. The molecular formula is C16H13ClN2O. The summed E-state index contributed by atoms with van der Waals surface area (Å²) in [5, 5.41) is 10.8. The summed E-state index contributed by atoms with van der Waals surface area (Å²) in [6, 6.07) is 18.3. The fourth-order valence-electron chi connectivity index (χ4n) is 1.75. The maximum Gasteiger partial charge on any atom is 0.242 e. The van der Waals surface area contributed by atoms with Crippen molar-refractivity contribution in [3.05, 3.63) is 71.3 Å². The van der Waals surface area contributed by atoms with Gasteiger partial charge in [0.05, 0.1) is 11.6 Å². The highest BCUT2D eigenvalue weighted by atomic mass is 35.5. The number of hydrogen-bond donors (Lipinski definition) is 1.